The number of hydrogen-bond acceptors (Lipinski definition) is 3. The maximum Gasteiger partial charge on any atom is 0.172 e. The van der Waals surface area contributed by atoms with Gasteiger partial charge in [-0.25, -0.2) is 4.98 Å². The second-order valence-corrected chi connectivity index (χ2v) is 5.24. The molecular weight excluding hydrogens is 242 g/mol. The Kier molecular flexibility index (Phi) is 4.06. The number of nitrogens with zero attached hydrogens (tertiary/aromatic N) is 3. The molecule has 0 aliphatic heterocycles. The average molecular weight is 257 g/mol. The van der Waals surface area contributed by atoms with Gasteiger partial charge in [0.15, 0.2) is 5.16 Å². The highest BCUT2D eigenvalue weighted by molar-refractivity contribution is 7.99. The molecule has 0 spiro atoms. The fourth-order valence-electron chi connectivity index (χ4n) is 1.87. The third-order valence-corrected chi connectivity index (χ3v) is 3.50. The van der Waals surface area contributed by atoms with Crippen LogP contribution in [0.15, 0.2) is 35.7 Å². The summed E-state index contributed by atoms with van der Waals surface area (Å²) in [6.07, 6.45) is 4.31. The second-order valence-electron chi connectivity index (χ2n) is 4.18. The number of nitriles is 1. The van der Waals surface area contributed by atoms with E-state index in [9.17, 15) is 0 Å². The van der Waals surface area contributed by atoms with Crippen molar-refractivity contribution in [1.82, 2.24) is 9.55 Å². The summed E-state index contributed by atoms with van der Waals surface area (Å²) in [6, 6.07) is 8.59. The summed E-state index contributed by atoms with van der Waals surface area (Å²) in [4.78, 5) is 4.34. The molecule has 4 heteroatoms. The van der Waals surface area contributed by atoms with Crippen LogP contribution in [0.25, 0.3) is 5.69 Å². The van der Waals surface area contributed by atoms with Crippen molar-refractivity contribution in [3.8, 4) is 11.8 Å². The van der Waals surface area contributed by atoms with E-state index in [2.05, 4.69) is 47.7 Å². The zero-order valence-electron chi connectivity index (χ0n) is 10.6. The molecule has 92 valence electrons. The van der Waals surface area contributed by atoms with Gasteiger partial charge in [-0.05, 0) is 37.1 Å². The highest BCUT2D eigenvalue weighted by Crippen LogP contribution is 2.22. The second kappa shape index (κ2) is 5.74. The Hall–Kier alpha value is -1.73. The molecule has 0 bridgehead atoms. The topological polar surface area (TPSA) is 41.6 Å². The summed E-state index contributed by atoms with van der Waals surface area (Å²) in [6.45, 7) is 4.19. The van der Waals surface area contributed by atoms with Crippen molar-refractivity contribution in [3.05, 3.63) is 41.7 Å². The summed E-state index contributed by atoms with van der Waals surface area (Å²) in [5, 5.41) is 9.50. The van der Waals surface area contributed by atoms with Crippen molar-refractivity contribution in [2.45, 2.75) is 25.4 Å². The molecule has 2 rings (SSSR count). The van der Waals surface area contributed by atoms with E-state index < -0.39 is 0 Å². The molecule has 0 aliphatic carbocycles. The molecule has 0 amide bonds. The molecule has 1 aromatic carbocycles. The number of rotatable bonds is 4. The monoisotopic (exact) mass is 257 g/mol. The van der Waals surface area contributed by atoms with Crippen LogP contribution in [0.4, 0.5) is 0 Å². The van der Waals surface area contributed by atoms with Gasteiger partial charge in [0.1, 0.15) is 0 Å². The lowest BCUT2D eigenvalue weighted by molar-refractivity contribution is 0.892. The van der Waals surface area contributed by atoms with E-state index in [-0.39, 0.29) is 0 Å². The minimum Gasteiger partial charge on any atom is -0.295 e. The van der Waals surface area contributed by atoms with Crippen molar-refractivity contribution < 1.29 is 0 Å². The SMILES string of the molecule is Cc1cc(C)cc(-n2ccnc2SCCC#N)c1. The van der Waals surface area contributed by atoms with Gasteiger partial charge in [-0.1, -0.05) is 17.8 Å². The molecule has 0 aliphatic rings. The van der Waals surface area contributed by atoms with Crippen LogP contribution in [-0.2, 0) is 0 Å². The van der Waals surface area contributed by atoms with Gasteiger partial charge >= 0.3 is 0 Å². The molecule has 0 N–H and O–H groups in total. The summed E-state index contributed by atoms with van der Waals surface area (Å²) >= 11 is 1.61. The van der Waals surface area contributed by atoms with E-state index in [1.807, 2.05) is 6.20 Å². The highest BCUT2D eigenvalue weighted by Gasteiger charge is 2.06. The molecule has 0 radical (unpaired) electrons. The highest BCUT2D eigenvalue weighted by atomic mass is 32.2. The largest absolute Gasteiger partial charge is 0.295 e. The molecule has 3 nitrogen and oxygen atoms in total. The molecule has 2 aromatic rings. The van der Waals surface area contributed by atoms with Gasteiger partial charge in [0, 0.05) is 30.3 Å². The van der Waals surface area contributed by atoms with Crippen LogP contribution in [0, 0.1) is 25.2 Å². The summed E-state index contributed by atoms with van der Waals surface area (Å²) in [7, 11) is 0. The minimum absolute atomic E-state index is 0.546. The predicted molar refractivity (Wildman–Crippen MR) is 74.0 cm³/mol. The van der Waals surface area contributed by atoms with Crippen molar-refractivity contribution in [1.29, 1.82) is 5.26 Å². The van der Waals surface area contributed by atoms with Gasteiger partial charge in [0.05, 0.1) is 6.07 Å². The first-order chi connectivity index (χ1) is 8.70. The Bertz CT molecular complexity index is 561. The van der Waals surface area contributed by atoms with Gasteiger partial charge in [-0.3, -0.25) is 4.57 Å². The molecule has 1 aromatic heterocycles. The summed E-state index contributed by atoms with van der Waals surface area (Å²) in [5.74, 6) is 0.776. The first kappa shape index (κ1) is 12.7. The lowest BCUT2D eigenvalue weighted by Gasteiger charge is -2.09. The number of hydrogen-bond donors (Lipinski definition) is 0. The van der Waals surface area contributed by atoms with E-state index in [0.717, 1.165) is 16.6 Å². The first-order valence-corrected chi connectivity index (χ1v) is 6.81. The van der Waals surface area contributed by atoms with Crippen molar-refractivity contribution in [2.24, 2.45) is 0 Å². The number of benzene rings is 1. The zero-order valence-corrected chi connectivity index (χ0v) is 11.4. The number of thioether (sulfide) groups is 1. The Balaban J connectivity index is 2.28. The fourth-order valence-corrected chi connectivity index (χ4v) is 2.69. The smallest absolute Gasteiger partial charge is 0.172 e. The Morgan fingerprint density at radius 2 is 2.00 bits per heavy atom. The Morgan fingerprint density at radius 3 is 2.67 bits per heavy atom. The Morgan fingerprint density at radius 1 is 1.28 bits per heavy atom. The van der Waals surface area contributed by atoms with Crippen molar-refractivity contribution in [2.75, 3.05) is 5.75 Å². The van der Waals surface area contributed by atoms with Gasteiger partial charge in [0.25, 0.3) is 0 Å². The van der Waals surface area contributed by atoms with Crippen LogP contribution in [0.3, 0.4) is 0 Å². The predicted octanol–water partition coefficient (Wildman–Crippen LogP) is 3.49. The van der Waals surface area contributed by atoms with Crippen LogP contribution in [0.1, 0.15) is 17.5 Å². The standard InChI is InChI=1S/C14H15N3S/c1-11-8-12(2)10-13(9-11)17-6-5-16-14(17)18-7-3-4-15/h5-6,8-10H,3,7H2,1-2H3. The van der Waals surface area contributed by atoms with E-state index >= 15 is 0 Å². The lowest BCUT2D eigenvalue weighted by atomic mass is 10.1. The molecule has 0 saturated carbocycles. The molecule has 0 unspecified atom stereocenters. The van der Waals surface area contributed by atoms with E-state index in [1.54, 1.807) is 18.0 Å². The third-order valence-electron chi connectivity index (χ3n) is 2.54. The van der Waals surface area contributed by atoms with Crippen LogP contribution >= 0.6 is 11.8 Å². The fraction of sp³-hybridized carbons (Fsp3) is 0.286. The van der Waals surface area contributed by atoms with E-state index in [4.69, 9.17) is 5.26 Å². The van der Waals surface area contributed by atoms with E-state index in [0.29, 0.717) is 6.42 Å². The molecule has 18 heavy (non-hydrogen) atoms. The molecule has 1 heterocycles. The van der Waals surface area contributed by atoms with E-state index in [1.165, 1.54) is 11.1 Å². The maximum absolute atomic E-state index is 8.56. The molecule has 0 fully saturated rings. The van der Waals surface area contributed by atoms with Crippen LogP contribution < -0.4 is 0 Å². The first-order valence-electron chi connectivity index (χ1n) is 5.82. The van der Waals surface area contributed by atoms with Gasteiger partial charge in [-0.15, -0.1) is 0 Å². The van der Waals surface area contributed by atoms with Gasteiger partial charge in [-0.2, -0.15) is 5.26 Å². The molecule has 0 atom stereocenters. The Labute approximate surface area is 111 Å². The number of imidazole rings is 1. The lowest BCUT2D eigenvalue weighted by Crippen LogP contribution is -1.97. The third kappa shape index (κ3) is 2.93. The van der Waals surface area contributed by atoms with Gasteiger partial charge in [0.2, 0.25) is 0 Å². The van der Waals surface area contributed by atoms with Crippen molar-refractivity contribution in [3.63, 3.8) is 0 Å². The molecular formula is C14H15N3S. The zero-order chi connectivity index (χ0) is 13.0. The number of aryl methyl sites for hydroxylation is 2. The summed E-state index contributed by atoms with van der Waals surface area (Å²) in [5.41, 5.74) is 3.61. The molecule has 0 saturated heterocycles. The minimum atomic E-state index is 0.546. The van der Waals surface area contributed by atoms with Gasteiger partial charge < -0.3 is 0 Å². The van der Waals surface area contributed by atoms with Crippen LogP contribution in [0.5, 0.6) is 0 Å². The normalized spacial score (nSPS) is 10.3. The quantitative estimate of drug-likeness (QED) is 0.622. The van der Waals surface area contributed by atoms with Crippen molar-refractivity contribution >= 4 is 11.8 Å². The van der Waals surface area contributed by atoms with Crippen LogP contribution in [0.2, 0.25) is 0 Å². The maximum atomic E-state index is 8.56. The number of aromatic nitrogens is 2. The average Bonchev–Trinajstić information content (AvgIpc) is 2.76. The summed E-state index contributed by atoms with van der Waals surface area (Å²) < 4.78 is 2.07. The van der Waals surface area contributed by atoms with Crippen LogP contribution in [-0.4, -0.2) is 15.3 Å².